The molecular formula is C17H13Cl3N4S. The summed E-state index contributed by atoms with van der Waals surface area (Å²) in [6.07, 6.45) is 3.08. The van der Waals surface area contributed by atoms with E-state index in [1.165, 1.54) is 17.5 Å². The van der Waals surface area contributed by atoms with Crippen LogP contribution >= 0.6 is 46.6 Å². The number of hydrogen-bond donors (Lipinski definition) is 0. The van der Waals surface area contributed by atoms with Gasteiger partial charge < -0.3 is 0 Å². The third-order valence-electron chi connectivity index (χ3n) is 3.38. The van der Waals surface area contributed by atoms with Crippen LogP contribution < -0.4 is 0 Å². The summed E-state index contributed by atoms with van der Waals surface area (Å²) in [4.78, 5) is 0. The molecule has 4 nitrogen and oxygen atoms in total. The van der Waals surface area contributed by atoms with E-state index in [0.717, 1.165) is 5.75 Å². The molecule has 0 aliphatic rings. The summed E-state index contributed by atoms with van der Waals surface area (Å²) in [5.41, 5.74) is 2.99. The van der Waals surface area contributed by atoms with E-state index in [9.17, 15) is 0 Å². The van der Waals surface area contributed by atoms with E-state index in [-0.39, 0.29) is 0 Å². The largest absolute Gasteiger partial charge is 0.212 e. The number of nitrogens with zero attached hydrogens (tertiary/aromatic N) is 4. The predicted molar refractivity (Wildman–Crippen MR) is 105 cm³/mol. The number of hydrogen-bond acceptors (Lipinski definition) is 4. The van der Waals surface area contributed by atoms with E-state index in [2.05, 4.69) is 46.5 Å². The molecule has 3 rings (SSSR count). The van der Waals surface area contributed by atoms with Crippen molar-refractivity contribution in [2.24, 2.45) is 5.10 Å². The van der Waals surface area contributed by atoms with Crippen LogP contribution in [0.2, 0.25) is 15.1 Å². The Bertz CT molecular complexity index is 907. The number of thioether (sulfide) groups is 1. The van der Waals surface area contributed by atoms with Gasteiger partial charge >= 0.3 is 0 Å². The lowest BCUT2D eigenvalue weighted by Crippen LogP contribution is -1.94. The van der Waals surface area contributed by atoms with Crippen molar-refractivity contribution in [3.8, 4) is 0 Å². The molecule has 0 radical (unpaired) electrons. The first-order valence-corrected chi connectivity index (χ1v) is 9.43. The van der Waals surface area contributed by atoms with Crippen molar-refractivity contribution in [1.82, 2.24) is 14.9 Å². The minimum absolute atomic E-state index is 0.361. The molecule has 1 heterocycles. The Morgan fingerprint density at radius 2 is 1.80 bits per heavy atom. The van der Waals surface area contributed by atoms with Gasteiger partial charge in [0, 0.05) is 11.3 Å². The van der Waals surface area contributed by atoms with Gasteiger partial charge in [0.05, 0.1) is 21.3 Å². The Morgan fingerprint density at radius 3 is 2.56 bits per heavy atom. The fourth-order valence-corrected chi connectivity index (χ4v) is 3.46. The number of rotatable bonds is 5. The minimum Gasteiger partial charge on any atom is -0.195 e. The van der Waals surface area contributed by atoms with Crippen LogP contribution in [0.1, 0.15) is 16.7 Å². The minimum atomic E-state index is 0.361. The van der Waals surface area contributed by atoms with Gasteiger partial charge in [-0.1, -0.05) is 76.4 Å². The highest BCUT2D eigenvalue weighted by molar-refractivity contribution is 7.98. The molecule has 0 saturated heterocycles. The second-order valence-corrected chi connectivity index (χ2v) is 7.37. The summed E-state index contributed by atoms with van der Waals surface area (Å²) in [5, 5.41) is 14.3. The molecule has 0 amide bonds. The molecule has 3 aromatic rings. The van der Waals surface area contributed by atoms with Gasteiger partial charge in [-0.15, -0.1) is 10.2 Å². The lowest BCUT2D eigenvalue weighted by molar-refractivity contribution is 0.767. The summed E-state index contributed by atoms with van der Waals surface area (Å²) >= 11 is 19.9. The van der Waals surface area contributed by atoms with Crippen molar-refractivity contribution in [3.05, 3.63) is 74.5 Å². The van der Waals surface area contributed by atoms with E-state index >= 15 is 0 Å². The zero-order valence-electron chi connectivity index (χ0n) is 13.2. The first-order chi connectivity index (χ1) is 12.0. The Labute approximate surface area is 164 Å². The third kappa shape index (κ3) is 4.55. The molecule has 2 aromatic carbocycles. The summed E-state index contributed by atoms with van der Waals surface area (Å²) in [6.45, 7) is 2.06. The highest BCUT2D eigenvalue weighted by Gasteiger charge is 2.09. The number of benzene rings is 2. The van der Waals surface area contributed by atoms with Crippen LogP contribution in [0, 0.1) is 6.92 Å². The smallest absolute Gasteiger partial charge is 0.195 e. The second kappa shape index (κ2) is 8.23. The second-order valence-electron chi connectivity index (χ2n) is 5.23. The van der Waals surface area contributed by atoms with Gasteiger partial charge in [0.25, 0.3) is 0 Å². The third-order valence-corrected chi connectivity index (χ3v) is 5.53. The molecule has 8 heteroatoms. The summed E-state index contributed by atoms with van der Waals surface area (Å²) in [6, 6.07) is 11.7. The zero-order chi connectivity index (χ0) is 17.8. The molecule has 0 bridgehead atoms. The first kappa shape index (κ1) is 18.3. The molecule has 0 spiro atoms. The predicted octanol–water partition coefficient (Wildman–Crippen LogP) is 5.72. The Balaban J connectivity index is 1.76. The number of halogens is 3. The van der Waals surface area contributed by atoms with E-state index in [1.807, 2.05) is 0 Å². The van der Waals surface area contributed by atoms with Gasteiger partial charge in [0.2, 0.25) is 5.16 Å². The van der Waals surface area contributed by atoms with Crippen LogP contribution in [-0.4, -0.2) is 21.1 Å². The van der Waals surface area contributed by atoms with Gasteiger partial charge in [-0.25, -0.2) is 0 Å². The molecule has 0 aliphatic heterocycles. The molecule has 0 fully saturated rings. The van der Waals surface area contributed by atoms with E-state index in [1.54, 1.807) is 34.8 Å². The van der Waals surface area contributed by atoms with Crippen molar-refractivity contribution in [2.75, 3.05) is 0 Å². The van der Waals surface area contributed by atoms with Crippen LogP contribution in [-0.2, 0) is 5.75 Å². The highest BCUT2D eigenvalue weighted by Crippen LogP contribution is 2.30. The van der Waals surface area contributed by atoms with E-state index in [0.29, 0.717) is 25.8 Å². The molecule has 0 N–H and O–H groups in total. The Hall–Kier alpha value is -1.53. The SMILES string of the molecule is Cc1ccc(CSc2nncn2N=Cc2c(Cl)ccc(Cl)c2Cl)cc1. The monoisotopic (exact) mass is 410 g/mol. The van der Waals surface area contributed by atoms with Crippen LogP contribution in [0.3, 0.4) is 0 Å². The molecule has 0 unspecified atom stereocenters. The molecular weight excluding hydrogens is 399 g/mol. The highest BCUT2D eigenvalue weighted by atomic mass is 35.5. The topological polar surface area (TPSA) is 43.1 Å². The maximum atomic E-state index is 6.18. The molecule has 25 heavy (non-hydrogen) atoms. The lowest BCUT2D eigenvalue weighted by Gasteiger charge is -2.04. The first-order valence-electron chi connectivity index (χ1n) is 7.31. The molecule has 0 aliphatic carbocycles. The maximum Gasteiger partial charge on any atom is 0.212 e. The normalized spacial score (nSPS) is 11.4. The van der Waals surface area contributed by atoms with Crippen LogP contribution in [0.4, 0.5) is 0 Å². The van der Waals surface area contributed by atoms with Gasteiger partial charge in [-0.3, -0.25) is 0 Å². The van der Waals surface area contributed by atoms with Gasteiger partial charge in [0.15, 0.2) is 0 Å². The fraction of sp³-hybridized carbons (Fsp3) is 0.118. The van der Waals surface area contributed by atoms with E-state index < -0.39 is 0 Å². The Morgan fingerprint density at radius 1 is 1.08 bits per heavy atom. The molecule has 0 atom stereocenters. The van der Waals surface area contributed by atoms with Crippen LogP contribution in [0.25, 0.3) is 0 Å². The van der Waals surface area contributed by atoms with Crippen molar-refractivity contribution >= 4 is 52.8 Å². The average molecular weight is 412 g/mol. The average Bonchev–Trinajstić information content (AvgIpc) is 3.05. The number of aromatic nitrogens is 3. The Kier molecular flexibility index (Phi) is 6.02. The van der Waals surface area contributed by atoms with Crippen molar-refractivity contribution in [2.45, 2.75) is 17.8 Å². The van der Waals surface area contributed by atoms with Crippen molar-refractivity contribution < 1.29 is 0 Å². The van der Waals surface area contributed by atoms with E-state index in [4.69, 9.17) is 34.8 Å². The summed E-state index contributed by atoms with van der Waals surface area (Å²) < 4.78 is 1.58. The standard InChI is InChI=1S/C17H13Cl3N4S/c1-11-2-4-12(5-3-11)9-25-17-23-21-10-24(17)22-8-13-14(18)6-7-15(19)16(13)20/h2-8,10H,9H2,1H3. The number of aryl methyl sites for hydroxylation is 1. The van der Waals surface area contributed by atoms with Crippen LogP contribution in [0.15, 0.2) is 53.0 Å². The zero-order valence-corrected chi connectivity index (χ0v) is 16.2. The molecule has 1 aromatic heterocycles. The van der Waals surface area contributed by atoms with Crippen molar-refractivity contribution in [1.29, 1.82) is 0 Å². The summed E-state index contributed by atoms with van der Waals surface area (Å²) in [7, 11) is 0. The molecule has 0 saturated carbocycles. The van der Waals surface area contributed by atoms with Crippen LogP contribution in [0.5, 0.6) is 0 Å². The quantitative estimate of drug-likeness (QED) is 0.306. The molecule has 128 valence electrons. The van der Waals surface area contributed by atoms with Crippen molar-refractivity contribution in [3.63, 3.8) is 0 Å². The lowest BCUT2D eigenvalue weighted by atomic mass is 10.2. The maximum absolute atomic E-state index is 6.18. The van der Waals surface area contributed by atoms with Gasteiger partial charge in [-0.05, 0) is 24.6 Å². The van der Waals surface area contributed by atoms with Gasteiger partial charge in [-0.2, -0.15) is 9.78 Å². The summed E-state index contributed by atoms with van der Waals surface area (Å²) in [5.74, 6) is 0.771. The fourth-order valence-electron chi connectivity index (χ4n) is 2.01. The van der Waals surface area contributed by atoms with Gasteiger partial charge in [0.1, 0.15) is 6.33 Å².